The Labute approximate surface area is 95.1 Å². The summed E-state index contributed by atoms with van der Waals surface area (Å²) < 4.78 is 2.02. The van der Waals surface area contributed by atoms with E-state index in [0.29, 0.717) is 5.82 Å². The molecule has 0 atom stereocenters. The number of anilines is 1. The average Bonchev–Trinajstić information content (AvgIpc) is 2.70. The van der Waals surface area contributed by atoms with Crippen LogP contribution in [0.25, 0.3) is 0 Å². The van der Waals surface area contributed by atoms with Crippen molar-refractivity contribution in [1.82, 2.24) is 14.8 Å². The van der Waals surface area contributed by atoms with Gasteiger partial charge in [0.2, 0.25) is 0 Å². The van der Waals surface area contributed by atoms with Gasteiger partial charge in [-0.05, 0) is 18.6 Å². The van der Waals surface area contributed by atoms with E-state index in [2.05, 4.69) is 17.0 Å². The molecule has 16 heavy (non-hydrogen) atoms. The van der Waals surface area contributed by atoms with Crippen LogP contribution < -0.4 is 5.73 Å². The number of rotatable bonds is 4. The maximum absolute atomic E-state index is 5.82. The zero-order valence-electron chi connectivity index (χ0n) is 9.43. The molecule has 0 aliphatic heterocycles. The Morgan fingerprint density at radius 2 is 2.19 bits per heavy atom. The molecule has 0 aliphatic carbocycles. The van der Waals surface area contributed by atoms with Gasteiger partial charge in [-0.1, -0.05) is 13.0 Å². The van der Waals surface area contributed by atoms with Gasteiger partial charge in [-0.25, -0.2) is 4.98 Å². The zero-order chi connectivity index (χ0) is 11.4. The summed E-state index contributed by atoms with van der Waals surface area (Å²) in [5.41, 5.74) is 8.06. The minimum atomic E-state index is 0.603. The van der Waals surface area contributed by atoms with Crippen LogP contribution >= 0.6 is 0 Å². The number of nitrogens with two attached hydrogens (primary N) is 1. The maximum Gasteiger partial charge on any atom is 0.126 e. The minimum Gasteiger partial charge on any atom is -0.383 e. The van der Waals surface area contributed by atoms with Gasteiger partial charge in [0.05, 0.1) is 0 Å². The van der Waals surface area contributed by atoms with E-state index in [1.165, 1.54) is 5.69 Å². The SMILES string of the molecule is CCCn1nccc1Cc1cccnc1N. The topological polar surface area (TPSA) is 56.7 Å². The van der Waals surface area contributed by atoms with Crippen LogP contribution in [0.3, 0.4) is 0 Å². The molecule has 0 fully saturated rings. The highest BCUT2D eigenvalue weighted by atomic mass is 15.3. The first kappa shape index (κ1) is 10.7. The van der Waals surface area contributed by atoms with Crippen LogP contribution in [0, 0.1) is 0 Å². The lowest BCUT2D eigenvalue weighted by atomic mass is 10.1. The fraction of sp³-hybridized carbons (Fsp3) is 0.333. The molecule has 0 radical (unpaired) electrons. The number of hydrogen-bond donors (Lipinski definition) is 1. The molecule has 0 aliphatic rings. The number of nitrogens with zero attached hydrogens (tertiary/aromatic N) is 3. The summed E-state index contributed by atoms with van der Waals surface area (Å²) in [6.07, 6.45) is 5.41. The lowest BCUT2D eigenvalue weighted by Crippen LogP contribution is -2.06. The molecule has 0 amide bonds. The quantitative estimate of drug-likeness (QED) is 0.848. The van der Waals surface area contributed by atoms with Gasteiger partial charge in [0.1, 0.15) is 5.82 Å². The Balaban J connectivity index is 2.20. The monoisotopic (exact) mass is 216 g/mol. The first-order chi connectivity index (χ1) is 7.81. The highest BCUT2D eigenvalue weighted by molar-refractivity contribution is 5.40. The van der Waals surface area contributed by atoms with Crippen molar-refractivity contribution < 1.29 is 0 Å². The number of nitrogen functional groups attached to an aromatic ring is 1. The number of pyridine rings is 1. The van der Waals surface area contributed by atoms with Crippen LogP contribution in [-0.2, 0) is 13.0 Å². The van der Waals surface area contributed by atoms with E-state index in [1.807, 2.05) is 29.1 Å². The van der Waals surface area contributed by atoms with E-state index in [9.17, 15) is 0 Å². The molecule has 2 N–H and O–H groups in total. The van der Waals surface area contributed by atoms with Crippen molar-refractivity contribution in [3.63, 3.8) is 0 Å². The Morgan fingerprint density at radius 3 is 2.94 bits per heavy atom. The van der Waals surface area contributed by atoms with Crippen LogP contribution in [-0.4, -0.2) is 14.8 Å². The molecular formula is C12H16N4. The third kappa shape index (κ3) is 2.21. The van der Waals surface area contributed by atoms with E-state index in [4.69, 9.17) is 5.73 Å². The van der Waals surface area contributed by atoms with Crippen LogP contribution in [0.1, 0.15) is 24.6 Å². The summed E-state index contributed by atoms with van der Waals surface area (Å²) in [5, 5.41) is 4.29. The Kier molecular flexibility index (Phi) is 3.19. The summed E-state index contributed by atoms with van der Waals surface area (Å²) >= 11 is 0. The van der Waals surface area contributed by atoms with Gasteiger partial charge in [-0.2, -0.15) is 5.10 Å². The molecule has 4 nitrogen and oxygen atoms in total. The summed E-state index contributed by atoms with van der Waals surface area (Å²) in [7, 11) is 0. The third-order valence-electron chi connectivity index (χ3n) is 2.54. The Hall–Kier alpha value is -1.84. The standard InChI is InChI=1S/C12H16N4/c1-2-8-16-11(5-7-15-16)9-10-4-3-6-14-12(10)13/h3-7H,2,8-9H2,1H3,(H2,13,14). The van der Waals surface area contributed by atoms with Gasteiger partial charge >= 0.3 is 0 Å². The number of aryl methyl sites for hydroxylation is 1. The molecule has 4 heteroatoms. The van der Waals surface area contributed by atoms with Gasteiger partial charge in [0.25, 0.3) is 0 Å². The minimum absolute atomic E-state index is 0.603. The van der Waals surface area contributed by atoms with Crippen LogP contribution in [0.15, 0.2) is 30.6 Å². The number of hydrogen-bond acceptors (Lipinski definition) is 3. The summed E-state index contributed by atoms with van der Waals surface area (Å²) in [6, 6.07) is 5.94. The molecule has 0 aromatic carbocycles. The fourth-order valence-electron chi connectivity index (χ4n) is 1.72. The first-order valence-corrected chi connectivity index (χ1v) is 5.51. The fourth-order valence-corrected chi connectivity index (χ4v) is 1.72. The molecule has 0 unspecified atom stereocenters. The second-order valence-corrected chi connectivity index (χ2v) is 3.77. The maximum atomic E-state index is 5.82. The van der Waals surface area contributed by atoms with E-state index in [1.54, 1.807) is 6.20 Å². The van der Waals surface area contributed by atoms with Gasteiger partial charge in [0.15, 0.2) is 0 Å². The molecule has 84 valence electrons. The van der Waals surface area contributed by atoms with Crippen LogP contribution in [0.4, 0.5) is 5.82 Å². The lowest BCUT2D eigenvalue weighted by Gasteiger charge is -2.07. The van der Waals surface area contributed by atoms with Crippen molar-refractivity contribution in [2.24, 2.45) is 0 Å². The predicted octanol–water partition coefficient (Wildman–Crippen LogP) is 1.86. The highest BCUT2D eigenvalue weighted by Gasteiger charge is 2.05. The Bertz CT molecular complexity index is 462. The molecule has 2 aromatic heterocycles. The molecule has 2 rings (SSSR count). The molecule has 0 bridgehead atoms. The van der Waals surface area contributed by atoms with Crippen molar-refractivity contribution in [2.45, 2.75) is 26.3 Å². The summed E-state index contributed by atoms with van der Waals surface area (Å²) in [6.45, 7) is 3.09. The van der Waals surface area contributed by atoms with E-state index in [0.717, 1.165) is 24.9 Å². The first-order valence-electron chi connectivity index (χ1n) is 5.51. The number of aromatic nitrogens is 3. The van der Waals surface area contributed by atoms with Gasteiger partial charge in [0, 0.05) is 36.6 Å². The van der Waals surface area contributed by atoms with Crippen LogP contribution in [0.5, 0.6) is 0 Å². The zero-order valence-corrected chi connectivity index (χ0v) is 9.43. The highest BCUT2D eigenvalue weighted by Crippen LogP contribution is 2.13. The Morgan fingerprint density at radius 1 is 1.31 bits per heavy atom. The van der Waals surface area contributed by atoms with Crippen molar-refractivity contribution in [3.05, 3.63) is 41.9 Å². The summed E-state index contributed by atoms with van der Waals surface area (Å²) in [4.78, 5) is 4.08. The molecule has 0 spiro atoms. The van der Waals surface area contributed by atoms with Gasteiger partial charge in [-0.15, -0.1) is 0 Å². The van der Waals surface area contributed by atoms with Crippen molar-refractivity contribution >= 4 is 5.82 Å². The predicted molar refractivity (Wildman–Crippen MR) is 64.0 cm³/mol. The normalized spacial score (nSPS) is 10.6. The van der Waals surface area contributed by atoms with Crippen molar-refractivity contribution in [3.8, 4) is 0 Å². The second kappa shape index (κ2) is 4.79. The van der Waals surface area contributed by atoms with E-state index < -0.39 is 0 Å². The van der Waals surface area contributed by atoms with Gasteiger partial charge in [-0.3, -0.25) is 4.68 Å². The van der Waals surface area contributed by atoms with Crippen LogP contribution in [0.2, 0.25) is 0 Å². The molecule has 0 saturated carbocycles. The molecular weight excluding hydrogens is 200 g/mol. The third-order valence-corrected chi connectivity index (χ3v) is 2.54. The summed E-state index contributed by atoms with van der Waals surface area (Å²) in [5.74, 6) is 0.603. The van der Waals surface area contributed by atoms with Crippen molar-refractivity contribution in [1.29, 1.82) is 0 Å². The average molecular weight is 216 g/mol. The van der Waals surface area contributed by atoms with E-state index >= 15 is 0 Å². The van der Waals surface area contributed by atoms with Gasteiger partial charge < -0.3 is 5.73 Å². The molecule has 2 heterocycles. The molecule has 2 aromatic rings. The molecule has 0 saturated heterocycles. The van der Waals surface area contributed by atoms with E-state index in [-0.39, 0.29) is 0 Å². The second-order valence-electron chi connectivity index (χ2n) is 3.77. The van der Waals surface area contributed by atoms with Crippen molar-refractivity contribution in [2.75, 3.05) is 5.73 Å². The smallest absolute Gasteiger partial charge is 0.126 e. The lowest BCUT2D eigenvalue weighted by molar-refractivity contribution is 0.580. The largest absolute Gasteiger partial charge is 0.383 e.